The number of aryl methyl sites for hydroxylation is 1. The number of hydrogen-bond acceptors (Lipinski definition) is 2. The summed E-state index contributed by atoms with van der Waals surface area (Å²) in [6.45, 7) is 1.95. The molecule has 1 aliphatic carbocycles. The van der Waals surface area contributed by atoms with Gasteiger partial charge in [-0.2, -0.15) is 0 Å². The van der Waals surface area contributed by atoms with Crippen LogP contribution in [-0.4, -0.2) is 11.7 Å². The second kappa shape index (κ2) is 6.14. The van der Waals surface area contributed by atoms with E-state index in [-0.39, 0.29) is 6.04 Å². The van der Waals surface area contributed by atoms with Gasteiger partial charge in [0.1, 0.15) is 0 Å². The molecule has 3 rings (SSSR count). The highest BCUT2D eigenvalue weighted by Gasteiger charge is 2.34. The Bertz CT molecular complexity index is 672. The van der Waals surface area contributed by atoms with Crippen molar-refractivity contribution in [1.29, 1.82) is 0 Å². The first-order valence-corrected chi connectivity index (χ1v) is 7.62. The number of ketones is 1. The third-order valence-electron chi connectivity index (χ3n) is 4.06. The van der Waals surface area contributed by atoms with Gasteiger partial charge in [-0.15, -0.1) is 0 Å². The van der Waals surface area contributed by atoms with E-state index in [2.05, 4.69) is 5.32 Å². The Morgan fingerprint density at radius 1 is 1.00 bits per heavy atom. The van der Waals surface area contributed by atoms with Gasteiger partial charge in [-0.25, -0.2) is 0 Å². The normalized spacial score (nSPS) is 15.1. The minimum Gasteiger partial charge on any atom is -0.342 e. The van der Waals surface area contributed by atoms with Crippen LogP contribution in [0.2, 0.25) is 0 Å². The van der Waals surface area contributed by atoms with Crippen LogP contribution in [0.1, 0.15) is 40.4 Å². The van der Waals surface area contributed by atoms with Gasteiger partial charge < -0.3 is 5.32 Å². The van der Waals surface area contributed by atoms with Crippen LogP contribution in [0.15, 0.2) is 54.6 Å². The van der Waals surface area contributed by atoms with Crippen molar-refractivity contribution in [3.8, 4) is 0 Å². The molecule has 2 aromatic rings. The Labute approximate surface area is 130 Å². The lowest BCUT2D eigenvalue weighted by Gasteiger charge is -2.18. The van der Waals surface area contributed by atoms with Crippen LogP contribution in [0.3, 0.4) is 0 Å². The number of benzene rings is 2. The van der Waals surface area contributed by atoms with Crippen molar-refractivity contribution in [2.45, 2.75) is 25.8 Å². The maximum Gasteiger partial charge on any atom is 0.292 e. The molecule has 0 aromatic heterocycles. The standard InChI is InChI=1S/C19H19NO2/c1-13-7-9-16(10-8-13)18(21)19(22)20-17(15-11-12-15)14-5-3-2-4-6-14/h2-10,15,17H,11-12H2,1H3,(H,20,22). The number of amides is 1. The van der Waals surface area contributed by atoms with Crippen LogP contribution in [-0.2, 0) is 4.79 Å². The summed E-state index contributed by atoms with van der Waals surface area (Å²) in [6, 6.07) is 16.9. The molecule has 0 aliphatic heterocycles. The maximum absolute atomic E-state index is 12.3. The molecule has 0 bridgehead atoms. The zero-order valence-corrected chi connectivity index (χ0v) is 12.6. The smallest absolute Gasteiger partial charge is 0.292 e. The SMILES string of the molecule is Cc1ccc(C(=O)C(=O)NC(c2ccccc2)C2CC2)cc1. The van der Waals surface area contributed by atoms with Crippen molar-refractivity contribution in [2.75, 3.05) is 0 Å². The fourth-order valence-electron chi connectivity index (χ4n) is 2.61. The lowest BCUT2D eigenvalue weighted by Crippen LogP contribution is -2.35. The molecule has 3 nitrogen and oxygen atoms in total. The van der Waals surface area contributed by atoms with Gasteiger partial charge in [-0.1, -0.05) is 60.2 Å². The fourth-order valence-corrected chi connectivity index (χ4v) is 2.61. The van der Waals surface area contributed by atoms with Gasteiger partial charge in [-0.3, -0.25) is 9.59 Å². The molecule has 1 amide bonds. The second-order valence-corrected chi connectivity index (χ2v) is 5.89. The summed E-state index contributed by atoms with van der Waals surface area (Å²) in [4.78, 5) is 24.5. The van der Waals surface area contributed by atoms with E-state index >= 15 is 0 Å². The van der Waals surface area contributed by atoms with Crippen molar-refractivity contribution < 1.29 is 9.59 Å². The van der Waals surface area contributed by atoms with E-state index in [0.29, 0.717) is 11.5 Å². The first-order valence-electron chi connectivity index (χ1n) is 7.62. The largest absolute Gasteiger partial charge is 0.342 e. The quantitative estimate of drug-likeness (QED) is 0.678. The third kappa shape index (κ3) is 3.25. The van der Waals surface area contributed by atoms with Gasteiger partial charge in [0.05, 0.1) is 6.04 Å². The van der Waals surface area contributed by atoms with Crippen molar-refractivity contribution in [3.05, 3.63) is 71.3 Å². The van der Waals surface area contributed by atoms with E-state index in [0.717, 1.165) is 24.0 Å². The summed E-state index contributed by atoms with van der Waals surface area (Å²) in [7, 11) is 0. The fraction of sp³-hybridized carbons (Fsp3) is 0.263. The molecule has 112 valence electrons. The van der Waals surface area contributed by atoms with Crippen molar-refractivity contribution in [1.82, 2.24) is 5.32 Å². The molecule has 1 aliphatic rings. The van der Waals surface area contributed by atoms with E-state index < -0.39 is 11.7 Å². The Balaban J connectivity index is 1.74. The van der Waals surface area contributed by atoms with Crippen molar-refractivity contribution in [3.63, 3.8) is 0 Å². The monoisotopic (exact) mass is 293 g/mol. The van der Waals surface area contributed by atoms with E-state index in [1.807, 2.05) is 49.4 Å². The average molecular weight is 293 g/mol. The number of nitrogens with one attached hydrogen (secondary N) is 1. The molecule has 0 saturated heterocycles. The number of Topliss-reactive ketones (excluding diaryl/α,β-unsaturated/α-hetero) is 1. The molecule has 1 atom stereocenters. The predicted molar refractivity (Wildman–Crippen MR) is 85.6 cm³/mol. The van der Waals surface area contributed by atoms with Gasteiger partial charge in [0.2, 0.25) is 5.78 Å². The molecule has 1 N–H and O–H groups in total. The summed E-state index contributed by atoms with van der Waals surface area (Å²) >= 11 is 0. The maximum atomic E-state index is 12.3. The van der Waals surface area contributed by atoms with Crippen molar-refractivity contribution in [2.24, 2.45) is 5.92 Å². The number of rotatable bonds is 5. The molecule has 0 radical (unpaired) electrons. The van der Waals surface area contributed by atoms with Crippen LogP contribution in [0.5, 0.6) is 0 Å². The molecule has 2 aromatic carbocycles. The van der Waals surface area contributed by atoms with E-state index in [4.69, 9.17) is 0 Å². The Kier molecular flexibility index (Phi) is 4.05. The van der Waals surface area contributed by atoms with Gasteiger partial charge in [0.25, 0.3) is 5.91 Å². The summed E-state index contributed by atoms with van der Waals surface area (Å²) < 4.78 is 0. The Hall–Kier alpha value is -2.42. The predicted octanol–water partition coefficient (Wildman–Crippen LogP) is 3.45. The highest BCUT2D eigenvalue weighted by molar-refractivity contribution is 6.42. The molecule has 1 saturated carbocycles. The lowest BCUT2D eigenvalue weighted by molar-refractivity contribution is -0.117. The highest BCUT2D eigenvalue weighted by atomic mass is 16.2. The summed E-state index contributed by atoms with van der Waals surface area (Å²) in [5.74, 6) is -0.552. The average Bonchev–Trinajstić information content (AvgIpc) is 3.38. The molecule has 0 heterocycles. The molecule has 22 heavy (non-hydrogen) atoms. The molecular formula is C19H19NO2. The van der Waals surface area contributed by atoms with E-state index in [9.17, 15) is 9.59 Å². The van der Waals surface area contributed by atoms with Gasteiger partial charge in [0.15, 0.2) is 0 Å². The summed E-state index contributed by atoms with van der Waals surface area (Å²) in [5, 5.41) is 2.92. The van der Waals surface area contributed by atoms with E-state index in [1.54, 1.807) is 12.1 Å². The summed E-state index contributed by atoms with van der Waals surface area (Å²) in [5.41, 5.74) is 2.57. The third-order valence-corrected chi connectivity index (χ3v) is 4.06. The van der Waals surface area contributed by atoms with Crippen LogP contribution < -0.4 is 5.32 Å². The first-order chi connectivity index (χ1) is 10.6. The Morgan fingerprint density at radius 3 is 2.23 bits per heavy atom. The van der Waals surface area contributed by atoms with Crippen LogP contribution in [0.4, 0.5) is 0 Å². The molecule has 1 unspecified atom stereocenters. The number of hydrogen-bond donors (Lipinski definition) is 1. The van der Waals surface area contributed by atoms with Crippen LogP contribution >= 0.6 is 0 Å². The van der Waals surface area contributed by atoms with Crippen LogP contribution in [0, 0.1) is 12.8 Å². The van der Waals surface area contributed by atoms with Crippen molar-refractivity contribution >= 4 is 11.7 Å². The number of carbonyl (C=O) groups is 2. The van der Waals surface area contributed by atoms with Gasteiger partial charge in [0, 0.05) is 5.56 Å². The first kappa shape index (κ1) is 14.5. The van der Waals surface area contributed by atoms with Crippen LogP contribution in [0.25, 0.3) is 0 Å². The molecule has 1 fully saturated rings. The summed E-state index contributed by atoms with van der Waals surface area (Å²) in [6.07, 6.45) is 2.19. The topological polar surface area (TPSA) is 46.2 Å². The molecular weight excluding hydrogens is 274 g/mol. The Morgan fingerprint density at radius 2 is 1.64 bits per heavy atom. The zero-order chi connectivity index (χ0) is 15.5. The molecule has 0 spiro atoms. The minimum absolute atomic E-state index is 0.0666. The minimum atomic E-state index is -0.524. The molecule has 3 heteroatoms. The number of carbonyl (C=O) groups excluding carboxylic acids is 2. The second-order valence-electron chi connectivity index (χ2n) is 5.89. The van der Waals surface area contributed by atoms with Gasteiger partial charge >= 0.3 is 0 Å². The lowest BCUT2D eigenvalue weighted by atomic mass is 10.0. The highest BCUT2D eigenvalue weighted by Crippen LogP contribution is 2.40. The zero-order valence-electron chi connectivity index (χ0n) is 12.6. The van der Waals surface area contributed by atoms with E-state index in [1.165, 1.54) is 0 Å². The van der Waals surface area contributed by atoms with Gasteiger partial charge in [-0.05, 0) is 31.2 Å².